The highest BCUT2D eigenvalue weighted by molar-refractivity contribution is 5.30. The number of benzene rings is 12. The second-order valence-corrected chi connectivity index (χ2v) is 52.8. The zero-order valence-electron chi connectivity index (χ0n) is 75.5. The summed E-state index contributed by atoms with van der Waals surface area (Å²) in [6.45, 7) is 23.0. The SMILES string of the molecule is CC(C)(O)c1ccc([I+]c2ccc(C(C)(C)O)cc2)cc1.CC(C)(O)c1ccc([I+]c2ccccc2)cc1.CCC(O)(CC)c1ccc([I+]c2ccc(C(O)(CC)CC)cc2)cc1.CCC(O)(CC)c1ccc([I+]c2ccccc2)cc1.OC1(c2ccc([I+]c3ccc(C4(O)CCCC4)cc3)cc2)CCCC1.OC1(c2ccc([I+]c3ccccc3)cc2)CCCC1. The van der Waals surface area contributed by atoms with E-state index in [0.29, 0.717) is 0 Å². The van der Waals surface area contributed by atoms with E-state index in [4.69, 9.17) is 0 Å². The molecule has 0 aromatic heterocycles. The average Bonchev–Trinajstić information content (AvgIpc) is 1.72. The molecule has 15 heteroatoms. The Labute approximate surface area is 815 Å². The van der Waals surface area contributed by atoms with E-state index in [1.165, 1.54) is 42.8 Å². The number of rotatable bonds is 27. The molecule has 0 unspecified atom stereocenters. The van der Waals surface area contributed by atoms with Gasteiger partial charge in [0.05, 0.1) is 50.4 Å². The summed E-state index contributed by atoms with van der Waals surface area (Å²) in [4.78, 5) is 0. The van der Waals surface area contributed by atoms with Crippen LogP contribution in [-0.2, 0) is 50.4 Å². The van der Waals surface area contributed by atoms with Gasteiger partial charge in [0.2, 0.25) is 0 Å². The van der Waals surface area contributed by atoms with Crippen LogP contribution in [-0.4, -0.2) is 46.0 Å². The maximum Gasteiger partial charge on any atom is 0.357 e. The zero-order chi connectivity index (χ0) is 90.7. The van der Waals surface area contributed by atoms with Crippen LogP contribution in [0.4, 0.5) is 0 Å². The van der Waals surface area contributed by atoms with Crippen LogP contribution in [0.15, 0.2) is 309 Å². The molecule has 0 saturated heterocycles. The van der Waals surface area contributed by atoms with Gasteiger partial charge in [0.25, 0.3) is 0 Å². The van der Waals surface area contributed by atoms with Gasteiger partial charge in [-0.25, -0.2) is 0 Å². The summed E-state index contributed by atoms with van der Waals surface area (Å²) in [7, 11) is 0. The molecule has 9 N–H and O–H groups in total. The van der Waals surface area contributed by atoms with Crippen molar-refractivity contribution in [2.24, 2.45) is 0 Å². The Kier molecular flexibility index (Phi) is 39.4. The number of hydrogen-bond donors (Lipinski definition) is 9. The molecule has 126 heavy (non-hydrogen) atoms. The van der Waals surface area contributed by atoms with Crippen molar-refractivity contribution in [2.45, 2.75) is 249 Å². The molecule has 0 spiro atoms. The molecule has 3 saturated carbocycles. The maximum absolute atomic E-state index is 10.7. The molecule has 9 nitrogen and oxygen atoms in total. The standard InChI is InChI=1S/C22H26IO2.C22H30IO2.C18H22IO2.C17H18IO.C17H20IO.C15H16IO/c24-21(13-1-2-14-21)17-5-9-19(10-6-17)23-20-11-7-18(8-12-20)22(25)15-3-4-16-22;1-5-21(24,6-2)17-9-13-19(14-10-17)23-20-15-11-18(12-16-20)22(25,7-3)8-4;1-17(2,20)13-5-9-15(10-6-13)19-16-11-7-14(8-12-16)18(3,4)21;19-17(12-4-5-13-17)14-8-10-16(11-9-14)18-15-6-2-1-3-7-15;1-3-17(19,4-2)14-10-12-16(13-11-14)18-15-8-6-5-7-9-15;1-15(2,17)12-8-10-14(11-9-12)16-13-6-4-3-5-7-13/h5-12,24-25H,1-4,13-16H2;9-16,24-25H,5-8H2,1-4H3;5-12,20-21H,1-4H3;1-3,6-11,19H,4-5,12-13H2;5-13,19H,3-4H2,1-2H3;3-11,17H,1-2H3/q6*+1. The number of halogens is 6. The normalized spacial score (nSPS) is 14.7. The van der Waals surface area contributed by atoms with Gasteiger partial charge < -0.3 is 46.0 Å². The Hall–Kier alpha value is -5.34. The molecule has 3 aliphatic rings. The summed E-state index contributed by atoms with van der Waals surface area (Å²) in [6, 6.07) is 108. The van der Waals surface area contributed by atoms with Gasteiger partial charge in [-0.15, -0.1) is 0 Å². The Bertz CT molecular complexity index is 4790. The summed E-state index contributed by atoms with van der Waals surface area (Å²) >= 11 is -1.01. The van der Waals surface area contributed by atoms with Gasteiger partial charge in [0, 0.05) is 0 Å². The summed E-state index contributed by atoms with van der Waals surface area (Å²) in [6.07, 6.45) is 16.7. The fraction of sp³-hybridized carbons (Fsp3) is 0.351. The van der Waals surface area contributed by atoms with E-state index < -0.39 is 50.4 Å². The zero-order valence-corrected chi connectivity index (χ0v) is 88.4. The molecule has 0 radical (unpaired) electrons. The Morgan fingerprint density at radius 1 is 0.198 bits per heavy atom. The number of aliphatic hydroxyl groups is 9. The minimum Gasteiger partial charge on any atom is -0.386 e. The molecule has 15 rings (SSSR count). The lowest BCUT2D eigenvalue weighted by molar-refractivity contribution is -0.597. The molecule has 12 aromatic carbocycles. The lowest BCUT2D eigenvalue weighted by atomic mass is 9.89. The van der Waals surface area contributed by atoms with E-state index in [9.17, 15) is 46.0 Å². The first-order valence-electron chi connectivity index (χ1n) is 44.6. The van der Waals surface area contributed by atoms with Crippen LogP contribution < -0.4 is 127 Å². The fourth-order valence-electron chi connectivity index (χ4n) is 15.6. The van der Waals surface area contributed by atoms with Crippen molar-refractivity contribution in [3.63, 3.8) is 0 Å². The van der Waals surface area contributed by atoms with Gasteiger partial charge in [-0.2, -0.15) is 0 Å². The van der Waals surface area contributed by atoms with Gasteiger partial charge in [0.15, 0.2) is 42.8 Å². The first-order chi connectivity index (χ1) is 60.1. The first kappa shape index (κ1) is 103. The van der Waals surface area contributed by atoms with Crippen molar-refractivity contribution in [1.29, 1.82) is 0 Å². The fourth-order valence-corrected chi connectivity index (χ4v) is 28.7. The molecular weight excluding hydrogens is 2240 g/mol. The number of hydrogen-bond acceptors (Lipinski definition) is 9. The second-order valence-electron chi connectivity index (χ2n) is 34.6. The third-order valence-electron chi connectivity index (χ3n) is 24.3. The molecule has 3 fully saturated rings. The molecule has 0 aliphatic heterocycles. The van der Waals surface area contributed by atoms with Crippen molar-refractivity contribution in [3.8, 4) is 0 Å². The molecule has 0 amide bonds. The van der Waals surface area contributed by atoms with Gasteiger partial charge in [-0.05, 0) is 314 Å². The van der Waals surface area contributed by atoms with Crippen molar-refractivity contribution in [3.05, 3.63) is 402 Å². The molecule has 0 atom stereocenters. The predicted octanol–water partition coefficient (Wildman–Crippen LogP) is 4.88. The van der Waals surface area contributed by atoms with E-state index in [2.05, 4.69) is 267 Å². The van der Waals surface area contributed by atoms with E-state index >= 15 is 0 Å². The molecule has 3 aliphatic carbocycles. The van der Waals surface area contributed by atoms with Crippen LogP contribution in [0.3, 0.4) is 0 Å². The van der Waals surface area contributed by atoms with E-state index in [1.54, 1.807) is 27.7 Å². The molecule has 0 bridgehead atoms. The minimum atomic E-state index is -0.787. The van der Waals surface area contributed by atoms with E-state index in [1.807, 2.05) is 97.9 Å². The highest BCUT2D eigenvalue weighted by Gasteiger charge is 2.38. The van der Waals surface area contributed by atoms with Crippen molar-refractivity contribution < 1.29 is 173 Å². The lowest BCUT2D eigenvalue weighted by Crippen LogP contribution is -3.61. The molecular formula is C111H132I6O9+6. The van der Waals surface area contributed by atoms with Crippen LogP contribution in [0.25, 0.3) is 0 Å². The van der Waals surface area contributed by atoms with E-state index in [0.717, 1.165) is 166 Å². The highest BCUT2D eigenvalue weighted by Crippen LogP contribution is 2.41. The Balaban J connectivity index is 0.000000159. The Morgan fingerprint density at radius 3 is 0.476 bits per heavy atom. The van der Waals surface area contributed by atoms with Crippen LogP contribution in [0.2, 0.25) is 0 Å². The third-order valence-corrected chi connectivity index (χ3v) is 40.4. The van der Waals surface area contributed by atoms with Crippen LogP contribution in [0.5, 0.6) is 0 Å². The summed E-state index contributed by atoms with van der Waals surface area (Å²) in [5.41, 5.74) is 3.05. The van der Waals surface area contributed by atoms with Crippen LogP contribution >= 0.6 is 0 Å². The maximum atomic E-state index is 10.7. The second kappa shape index (κ2) is 48.4. The smallest absolute Gasteiger partial charge is 0.357 e. The summed E-state index contributed by atoms with van der Waals surface area (Å²) < 4.78 is 16.5. The third kappa shape index (κ3) is 30.6. The predicted molar refractivity (Wildman–Crippen MR) is 488 cm³/mol. The van der Waals surface area contributed by atoms with E-state index in [-0.39, 0.29) is 127 Å². The molecule has 12 aromatic rings. The Morgan fingerprint density at radius 2 is 0.333 bits per heavy atom. The van der Waals surface area contributed by atoms with Crippen molar-refractivity contribution in [1.82, 2.24) is 0 Å². The highest BCUT2D eigenvalue weighted by atomic mass is 127. The monoisotopic (exact) mass is 2370 g/mol. The first-order valence-corrected chi connectivity index (χ1v) is 57.6. The average molecular weight is 2370 g/mol. The summed E-state index contributed by atoms with van der Waals surface area (Å²) in [5.74, 6) is 0. The van der Waals surface area contributed by atoms with Gasteiger partial charge in [-0.1, -0.05) is 244 Å². The topological polar surface area (TPSA) is 182 Å². The molecule has 0 heterocycles. The van der Waals surface area contributed by atoms with Gasteiger partial charge >= 0.3 is 127 Å². The summed E-state index contributed by atoms with van der Waals surface area (Å²) in [5, 5.41) is 93.5. The van der Waals surface area contributed by atoms with Crippen LogP contribution in [0, 0.1) is 42.8 Å². The quantitative estimate of drug-likeness (QED) is 0.0325. The van der Waals surface area contributed by atoms with Crippen molar-refractivity contribution in [2.75, 3.05) is 0 Å². The van der Waals surface area contributed by atoms with Gasteiger partial charge in [-0.3, -0.25) is 0 Å². The van der Waals surface area contributed by atoms with Gasteiger partial charge in [0.1, 0.15) is 0 Å². The molecule has 666 valence electrons. The minimum absolute atomic E-state index is 0.0958. The lowest BCUT2D eigenvalue weighted by Gasteiger charge is -2.25. The van der Waals surface area contributed by atoms with Crippen molar-refractivity contribution >= 4 is 0 Å². The largest absolute Gasteiger partial charge is 0.386 e. The van der Waals surface area contributed by atoms with Crippen LogP contribution in [0.1, 0.15) is 249 Å².